The monoisotopic (exact) mass is 303 g/mol. The van der Waals surface area contributed by atoms with Gasteiger partial charge in [-0.15, -0.1) is 11.3 Å². The number of halogens is 1. The minimum Gasteiger partial charge on any atom is -0.338 e. The summed E-state index contributed by atoms with van der Waals surface area (Å²) in [6, 6.07) is 2.25. The van der Waals surface area contributed by atoms with Crippen molar-refractivity contribution in [2.45, 2.75) is 39.7 Å². The second-order valence-corrected chi connectivity index (χ2v) is 6.49. The lowest BCUT2D eigenvalue weighted by atomic mass is 10.1. The van der Waals surface area contributed by atoms with Gasteiger partial charge in [-0.1, -0.05) is 13.3 Å². The van der Waals surface area contributed by atoms with Gasteiger partial charge in [0.05, 0.1) is 8.66 Å². The molecule has 0 spiro atoms. The zero-order valence-electron chi connectivity index (χ0n) is 10.2. The van der Waals surface area contributed by atoms with Crippen molar-refractivity contribution in [1.82, 2.24) is 4.90 Å². The van der Waals surface area contributed by atoms with E-state index >= 15 is 0 Å². The lowest BCUT2D eigenvalue weighted by Crippen LogP contribution is -2.34. The van der Waals surface area contributed by atoms with Gasteiger partial charge in [0, 0.05) is 13.1 Å². The molecule has 1 unspecified atom stereocenters. The van der Waals surface area contributed by atoms with Crippen LogP contribution in [0.25, 0.3) is 0 Å². The van der Waals surface area contributed by atoms with Gasteiger partial charge in [-0.3, -0.25) is 4.79 Å². The number of thiophene rings is 1. The first-order chi connectivity index (χ1) is 7.47. The standard InChI is InChI=1S/C12H18BrNOS/c1-5-6-9(3)14(4)12(15)10-7-8(2)11(13)16-10/h7,9H,5-6H2,1-4H3. The summed E-state index contributed by atoms with van der Waals surface area (Å²) in [6.07, 6.45) is 2.15. The molecule has 90 valence electrons. The summed E-state index contributed by atoms with van der Waals surface area (Å²) in [6.45, 7) is 6.24. The van der Waals surface area contributed by atoms with Crippen molar-refractivity contribution >= 4 is 33.2 Å². The van der Waals surface area contributed by atoms with Crippen LogP contribution < -0.4 is 0 Å². The molecule has 0 saturated carbocycles. The largest absolute Gasteiger partial charge is 0.338 e. The normalized spacial score (nSPS) is 12.6. The quantitative estimate of drug-likeness (QED) is 0.821. The Hall–Kier alpha value is -0.350. The summed E-state index contributed by atoms with van der Waals surface area (Å²) >= 11 is 4.96. The average molecular weight is 304 g/mol. The van der Waals surface area contributed by atoms with Gasteiger partial charge in [0.2, 0.25) is 0 Å². The Balaban J connectivity index is 2.77. The van der Waals surface area contributed by atoms with Crippen LogP contribution in [0.2, 0.25) is 0 Å². The highest BCUT2D eigenvalue weighted by atomic mass is 79.9. The fourth-order valence-corrected chi connectivity index (χ4v) is 3.07. The van der Waals surface area contributed by atoms with E-state index in [1.807, 2.05) is 24.9 Å². The Kier molecular flexibility index (Phi) is 4.99. The van der Waals surface area contributed by atoms with Crippen LogP contribution in [0.3, 0.4) is 0 Å². The van der Waals surface area contributed by atoms with E-state index < -0.39 is 0 Å². The fraction of sp³-hybridized carbons (Fsp3) is 0.583. The van der Waals surface area contributed by atoms with Crippen molar-refractivity contribution in [3.05, 3.63) is 20.3 Å². The molecule has 0 aliphatic rings. The SMILES string of the molecule is CCCC(C)N(C)C(=O)c1cc(C)c(Br)s1. The smallest absolute Gasteiger partial charge is 0.263 e. The van der Waals surface area contributed by atoms with Gasteiger partial charge in [-0.2, -0.15) is 0 Å². The van der Waals surface area contributed by atoms with Gasteiger partial charge >= 0.3 is 0 Å². The van der Waals surface area contributed by atoms with Crippen molar-refractivity contribution < 1.29 is 4.79 Å². The molecule has 0 bridgehead atoms. The molecule has 1 amide bonds. The maximum Gasteiger partial charge on any atom is 0.263 e. The van der Waals surface area contributed by atoms with Crippen LogP contribution in [0.4, 0.5) is 0 Å². The molecule has 1 aromatic rings. The summed E-state index contributed by atoms with van der Waals surface area (Å²) in [5.41, 5.74) is 1.13. The Morgan fingerprint density at radius 3 is 2.69 bits per heavy atom. The zero-order valence-corrected chi connectivity index (χ0v) is 12.6. The Morgan fingerprint density at radius 1 is 1.62 bits per heavy atom. The predicted molar refractivity (Wildman–Crippen MR) is 73.2 cm³/mol. The van der Waals surface area contributed by atoms with Crippen LogP contribution >= 0.6 is 27.3 Å². The lowest BCUT2D eigenvalue weighted by Gasteiger charge is -2.23. The number of rotatable bonds is 4. The fourth-order valence-electron chi connectivity index (χ4n) is 1.55. The van der Waals surface area contributed by atoms with E-state index in [0.29, 0.717) is 6.04 Å². The maximum absolute atomic E-state index is 12.1. The second kappa shape index (κ2) is 5.82. The molecule has 0 aromatic carbocycles. The summed E-state index contributed by atoms with van der Waals surface area (Å²) in [4.78, 5) is 14.8. The highest BCUT2D eigenvalue weighted by Gasteiger charge is 2.19. The van der Waals surface area contributed by atoms with E-state index in [1.165, 1.54) is 11.3 Å². The highest BCUT2D eigenvalue weighted by Crippen LogP contribution is 2.28. The number of hydrogen-bond acceptors (Lipinski definition) is 2. The van der Waals surface area contributed by atoms with Gasteiger partial charge < -0.3 is 4.90 Å². The number of carbonyl (C=O) groups excluding carboxylic acids is 1. The molecule has 0 saturated heterocycles. The number of nitrogens with zero attached hydrogens (tertiary/aromatic N) is 1. The first-order valence-electron chi connectivity index (χ1n) is 5.50. The van der Waals surface area contributed by atoms with Gasteiger partial charge in [-0.05, 0) is 47.8 Å². The van der Waals surface area contributed by atoms with Crippen molar-refractivity contribution in [3.8, 4) is 0 Å². The molecule has 0 aliphatic heterocycles. The summed E-state index contributed by atoms with van der Waals surface area (Å²) in [5, 5.41) is 0. The lowest BCUT2D eigenvalue weighted by molar-refractivity contribution is 0.0741. The van der Waals surface area contributed by atoms with Gasteiger partial charge in [0.1, 0.15) is 0 Å². The van der Waals surface area contributed by atoms with Gasteiger partial charge in [-0.25, -0.2) is 0 Å². The minimum absolute atomic E-state index is 0.125. The Morgan fingerprint density at radius 2 is 2.25 bits per heavy atom. The average Bonchev–Trinajstić information content (AvgIpc) is 2.57. The summed E-state index contributed by atoms with van der Waals surface area (Å²) in [5.74, 6) is 0.125. The van der Waals surface area contributed by atoms with Crippen molar-refractivity contribution in [2.75, 3.05) is 7.05 Å². The number of aryl methyl sites for hydroxylation is 1. The molecule has 1 heterocycles. The molecule has 0 radical (unpaired) electrons. The Bertz CT molecular complexity index is 356. The van der Waals surface area contributed by atoms with E-state index in [4.69, 9.17) is 0 Å². The molecule has 0 fully saturated rings. The third kappa shape index (κ3) is 3.08. The van der Waals surface area contributed by atoms with Crippen molar-refractivity contribution in [1.29, 1.82) is 0 Å². The molecule has 0 aliphatic carbocycles. The molecule has 2 nitrogen and oxygen atoms in total. The van der Waals surface area contributed by atoms with E-state index in [-0.39, 0.29) is 5.91 Å². The minimum atomic E-state index is 0.125. The van der Waals surface area contributed by atoms with Crippen LogP contribution in [-0.2, 0) is 0 Å². The van der Waals surface area contributed by atoms with E-state index in [0.717, 1.165) is 27.1 Å². The number of amides is 1. The molecular formula is C12H18BrNOS. The van der Waals surface area contributed by atoms with E-state index in [1.54, 1.807) is 0 Å². The van der Waals surface area contributed by atoms with Gasteiger partial charge in [0.25, 0.3) is 5.91 Å². The molecule has 1 rings (SSSR count). The molecule has 1 atom stereocenters. The van der Waals surface area contributed by atoms with E-state index in [9.17, 15) is 4.79 Å². The molecular weight excluding hydrogens is 286 g/mol. The molecule has 0 N–H and O–H groups in total. The van der Waals surface area contributed by atoms with Crippen LogP contribution in [0, 0.1) is 6.92 Å². The molecule has 16 heavy (non-hydrogen) atoms. The van der Waals surface area contributed by atoms with Crippen molar-refractivity contribution in [2.24, 2.45) is 0 Å². The predicted octanol–water partition coefficient (Wildman–Crippen LogP) is 4.08. The Labute approximate surface area is 110 Å². The van der Waals surface area contributed by atoms with Crippen LogP contribution in [-0.4, -0.2) is 23.9 Å². The van der Waals surface area contributed by atoms with Crippen molar-refractivity contribution in [3.63, 3.8) is 0 Å². The summed E-state index contributed by atoms with van der Waals surface area (Å²) < 4.78 is 1.05. The number of hydrogen-bond donors (Lipinski definition) is 0. The van der Waals surface area contributed by atoms with Gasteiger partial charge in [0.15, 0.2) is 0 Å². The third-order valence-electron chi connectivity index (χ3n) is 2.76. The second-order valence-electron chi connectivity index (χ2n) is 4.12. The topological polar surface area (TPSA) is 20.3 Å². The maximum atomic E-state index is 12.1. The molecule has 1 aromatic heterocycles. The molecule has 4 heteroatoms. The first kappa shape index (κ1) is 13.7. The third-order valence-corrected chi connectivity index (χ3v) is 4.88. The zero-order chi connectivity index (χ0) is 12.3. The van der Waals surface area contributed by atoms with Crippen LogP contribution in [0.5, 0.6) is 0 Å². The number of carbonyl (C=O) groups is 1. The van der Waals surface area contributed by atoms with E-state index in [2.05, 4.69) is 29.8 Å². The summed E-state index contributed by atoms with van der Waals surface area (Å²) in [7, 11) is 1.88. The van der Waals surface area contributed by atoms with Crippen LogP contribution in [0.15, 0.2) is 9.85 Å². The highest BCUT2D eigenvalue weighted by molar-refractivity contribution is 9.11. The first-order valence-corrected chi connectivity index (χ1v) is 7.11. The van der Waals surface area contributed by atoms with Crippen LogP contribution in [0.1, 0.15) is 41.9 Å².